The summed E-state index contributed by atoms with van der Waals surface area (Å²) in [5.74, 6) is -0.0777. The first-order valence-corrected chi connectivity index (χ1v) is 11.5. The Kier molecular flexibility index (Phi) is 7.42. The minimum atomic E-state index is -0.268. The van der Waals surface area contributed by atoms with Crippen molar-refractivity contribution in [2.24, 2.45) is 0 Å². The summed E-state index contributed by atoms with van der Waals surface area (Å²) in [6.07, 6.45) is 0. The molecule has 0 bridgehead atoms. The maximum Gasteiger partial charge on any atom is 0.255 e. The lowest BCUT2D eigenvalue weighted by Crippen LogP contribution is -2.48. The minimum Gasteiger partial charge on any atom is -0.347 e. The molecule has 0 radical (unpaired) electrons. The lowest BCUT2D eigenvalue weighted by Gasteiger charge is -2.35. The number of rotatable bonds is 4. The van der Waals surface area contributed by atoms with Gasteiger partial charge in [0.2, 0.25) is 0 Å². The number of halogens is 2. The fourth-order valence-electron chi connectivity index (χ4n) is 3.42. The highest BCUT2D eigenvalue weighted by molar-refractivity contribution is 14.1. The van der Waals surface area contributed by atoms with Crippen molar-refractivity contribution in [3.05, 3.63) is 67.7 Å². The Balaban J connectivity index is 1.58. The molecule has 1 aliphatic heterocycles. The summed E-state index contributed by atoms with van der Waals surface area (Å²) in [5.41, 5.74) is 2.06. The van der Waals surface area contributed by atoms with Crippen LogP contribution in [0.3, 0.4) is 0 Å². The number of piperazine rings is 1. The zero-order valence-corrected chi connectivity index (χ0v) is 20.5. The quantitative estimate of drug-likeness (QED) is 0.585. The third-order valence-corrected chi connectivity index (χ3v) is 5.89. The fourth-order valence-corrected chi connectivity index (χ4v) is 4.36. The van der Waals surface area contributed by atoms with Gasteiger partial charge in [-0.25, -0.2) is 0 Å². The van der Waals surface area contributed by atoms with E-state index in [1.54, 1.807) is 6.07 Å². The number of nitrogens with zero attached hydrogens (tertiary/aromatic N) is 2. The van der Waals surface area contributed by atoms with E-state index in [0.29, 0.717) is 29.2 Å². The van der Waals surface area contributed by atoms with Gasteiger partial charge in [0.1, 0.15) is 0 Å². The highest BCUT2D eigenvalue weighted by atomic mass is 127. The number of hydrogen-bond acceptors (Lipinski definition) is 3. The number of nitrogens with one attached hydrogen (secondary N) is 1. The lowest BCUT2D eigenvalue weighted by atomic mass is 10.1. The van der Waals surface area contributed by atoms with E-state index in [-0.39, 0.29) is 17.4 Å². The van der Waals surface area contributed by atoms with Gasteiger partial charge in [-0.3, -0.25) is 14.5 Å². The summed E-state index contributed by atoms with van der Waals surface area (Å²) < 4.78 is 1.01. The highest BCUT2D eigenvalue weighted by Gasteiger charge is 2.24. The van der Waals surface area contributed by atoms with Crippen molar-refractivity contribution in [3.8, 4) is 0 Å². The fraction of sp³-hybridized carbons (Fsp3) is 0.391. The Morgan fingerprint density at radius 3 is 2.40 bits per heavy atom. The predicted molar refractivity (Wildman–Crippen MR) is 129 cm³/mol. The Morgan fingerprint density at radius 2 is 1.77 bits per heavy atom. The number of carbonyl (C=O) groups excluding carboxylic acids is 2. The molecule has 7 heteroatoms. The summed E-state index contributed by atoms with van der Waals surface area (Å²) >= 11 is 8.45. The number of hydrogen-bond donors (Lipinski definition) is 1. The van der Waals surface area contributed by atoms with E-state index in [1.807, 2.05) is 62.1 Å². The second-order valence-corrected chi connectivity index (χ2v) is 10.2. The molecule has 160 valence electrons. The number of benzene rings is 2. The van der Waals surface area contributed by atoms with E-state index in [1.165, 1.54) is 0 Å². The third kappa shape index (κ3) is 6.18. The molecule has 0 atom stereocenters. The first-order chi connectivity index (χ1) is 14.1. The molecular formula is C23H27ClIN3O2. The SMILES string of the molecule is CC(C)(C)NC(=O)c1cccc(CN2CCN(C(=O)c3ccc(I)cc3Cl)CC2)c1. The second-order valence-electron chi connectivity index (χ2n) is 8.60. The zero-order valence-electron chi connectivity index (χ0n) is 17.5. The molecule has 1 N–H and O–H groups in total. The van der Waals surface area contributed by atoms with Crippen LogP contribution < -0.4 is 5.32 Å². The molecule has 1 aliphatic rings. The van der Waals surface area contributed by atoms with Crippen LogP contribution in [0.25, 0.3) is 0 Å². The number of carbonyl (C=O) groups is 2. The molecular weight excluding hydrogens is 513 g/mol. The summed E-state index contributed by atoms with van der Waals surface area (Å²) in [7, 11) is 0. The van der Waals surface area contributed by atoms with E-state index in [0.717, 1.165) is 28.8 Å². The molecule has 0 aromatic heterocycles. The molecule has 2 amide bonds. The summed E-state index contributed by atoms with van der Waals surface area (Å²) in [4.78, 5) is 29.4. The Labute approximate surface area is 196 Å². The van der Waals surface area contributed by atoms with Crippen LogP contribution in [0.4, 0.5) is 0 Å². The van der Waals surface area contributed by atoms with Gasteiger partial charge >= 0.3 is 0 Å². The highest BCUT2D eigenvalue weighted by Crippen LogP contribution is 2.21. The van der Waals surface area contributed by atoms with Gasteiger partial charge < -0.3 is 10.2 Å². The largest absolute Gasteiger partial charge is 0.347 e. The van der Waals surface area contributed by atoms with Crippen LogP contribution in [0.5, 0.6) is 0 Å². The predicted octanol–water partition coefficient (Wildman–Crippen LogP) is 4.43. The standard InChI is InChI=1S/C23H27ClIN3O2/c1-23(2,3)26-21(29)17-6-4-5-16(13-17)15-27-9-11-28(12-10-27)22(30)19-8-7-18(25)14-20(19)24/h4-8,13-14H,9-12,15H2,1-3H3,(H,26,29). The molecule has 5 nitrogen and oxygen atoms in total. The average Bonchev–Trinajstić information content (AvgIpc) is 2.67. The molecule has 0 aliphatic carbocycles. The summed E-state index contributed by atoms with van der Waals surface area (Å²) in [6, 6.07) is 13.3. The molecule has 0 saturated carbocycles. The molecule has 3 rings (SSSR count). The van der Waals surface area contributed by atoms with Crippen molar-refractivity contribution in [1.82, 2.24) is 15.1 Å². The van der Waals surface area contributed by atoms with Crippen LogP contribution in [0.15, 0.2) is 42.5 Å². The van der Waals surface area contributed by atoms with Crippen molar-refractivity contribution in [1.29, 1.82) is 0 Å². The lowest BCUT2D eigenvalue weighted by molar-refractivity contribution is 0.0628. The summed E-state index contributed by atoms with van der Waals surface area (Å²) in [5, 5.41) is 3.50. The Bertz CT molecular complexity index is 934. The van der Waals surface area contributed by atoms with E-state index < -0.39 is 0 Å². The Hall–Kier alpha value is -1.64. The van der Waals surface area contributed by atoms with Crippen LogP contribution in [-0.2, 0) is 6.54 Å². The van der Waals surface area contributed by atoms with Crippen molar-refractivity contribution in [3.63, 3.8) is 0 Å². The smallest absolute Gasteiger partial charge is 0.255 e. The van der Waals surface area contributed by atoms with Gasteiger partial charge in [0.15, 0.2) is 0 Å². The van der Waals surface area contributed by atoms with Gasteiger partial charge in [0, 0.05) is 47.4 Å². The maximum absolute atomic E-state index is 12.8. The van der Waals surface area contributed by atoms with Crippen molar-refractivity contribution >= 4 is 46.0 Å². The van der Waals surface area contributed by atoms with E-state index in [4.69, 9.17) is 11.6 Å². The van der Waals surface area contributed by atoms with Gasteiger partial charge in [-0.1, -0.05) is 23.7 Å². The minimum absolute atomic E-state index is 0.0168. The van der Waals surface area contributed by atoms with Crippen molar-refractivity contribution in [2.45, 2.75) is 32.9 Å². The van der Waals surface area contributed by atoms with Crippen LogP contribution in [0.1, 0.15) is 47.1 Å². The molecule has 2 aromatic rings. The van der Waals surface area contributed by atoms with E-state index in [9.17, 15) is 9.59 Å². The first-order valence-electron chi connectivity index (χ1n) is 10.0. The van der Waals surface area contributed by atoms with Gasteiger partial charge in [-0.15, -0.1) is 0 Å². The molecule has 0 unspecified atom stereocenters. The monoisotopic (exact) mass is 539 g/mol. The number of amides is 2. The third-order valence-electron chi connectivity index (χ3n) is 4.90. The van der Waals surface area contributed by atoms with Crippen LogP contribution in [0, 0.1) is 3.57 Å². The Morgan fingerprint density at radius 1 is 1.07 bits per heavy atom. The van der Waals surface area contributed by atoms with Crippen LogP contribution in [0.2, 0.25) is 5.02 Å². The zero-order chi connectivity index (χ0) is 21.9. The normalized spacial score (nSPS) is 15.2. The van der Waals surface area contributed by atoms with Crippen molar-refractivity contribution < 1.29 is 9.59 Å². The molecule has 1 fully saturated rings. The van der Waals surface area contributed by atoms with Gasteiger partial charge in [0.25, 0.3) is 11.8 Å². The second kappa shape index (κ2) is 9.66. The molecule has 2 aromatic carbocycles. The van der Waals surface area contributed by atoms with E-state index in [2.05, 4.69) is 32.8 Å². The van der Waals surface area contributed by atoms with E-state index >= 15 is 0 Å². The van der Waals surface area contributed by atoms with Crippen LogP contribution >= 0.6 is 34.2 Å². The summed E-state index contributed by atoms with van der Waals surface area (Å²) in [6.45, 7) is 9.55. The van der Waals surface area contributed by atoms with Gasteiger partial charge in [-0.05, 0) is 79.3 Å². The average molecular weight is 540 g/mol. The van der Waals surface area contributed by atoms with Gasteiger partial charge in [0.05, 0.1) is 10.6 Å². The molecule has 1 saturated heterocycles. The molecule has 1 heterocycles. The molecule has 0 spiro atoms. The molecule has 30 heavy (non-hydrogen) atoms. The van der Waals surface area contributed by atoms with Crippen LogP contribution in [-0.4, -0.2) is 53.3 Å². The van der Waals surface area contributed by atoms with Crippen molar-refractivity contribution in [2.75, 3.05) is 26.2 Å². The maximum atomic E-state index is 12.8. The topological polar surface area (TPSA) is 52.7 Å². The van der Waals surface area contributed by atoms with Gasteiger partial charge in [-0.2, -0.15) is 0 Å². The first kappa shape index (κ1) is 23.0.